The monoisotopic (exact) mass is 242 g/mol. The van der Waals surface area contributed by atoms with Crippen molar-refractivity contribution in [1.29, 1.82) is 0 Å². The molecule has 94 valence electrons. The van der Waals surface area contributed by atoms with Gasteiger partial charge in [-0.1, -0.05) is 13.8 Å². The summed E-state index contributed by atoms with van der Waals surface area (Å²) < 4.78 is 0. The minimum absolute atomic E-state index is 0.515. The van der Waals surface area contributed by atoms with Crippen LogP contribution >= 0.6 is 11.8 Å². The summed E-state index contributed by atoms with van der Waals surface area (Å²) in [7, 11) is 2.08. The number of thioether (sulfide) groups is 1. The third-order valence-electron chi connectivity index (χ3n) is 4.33. The number of hydrogen-bond acceptors (Lipinski definition) is 3. The number of likely N-dealkylation sites (tertiary alicyclic amines) is 1. The van der Waals surface area contributed by atoms with Crippen LogP contribution in [0.25, 0.3) is 0 Å². The topological polar surface area (TPSA) is 15.3 Å². The van der Waals surface area contributed by atoms with Crippen LogP contribution in [0.3, 0.4) is 0 Å². The fourth-order valence-electron chi connectivity index (χ4n) is 3.19. The van der Waals surface area contributed by atoms with Gasteiger partial charge in [0.25, 0.3) is 0 Å². The molecule has 2 saturated heterocycles. The Morgan fingerprint density at radius 1 is 1.44 bits per heavy atom. The molecule has 2 heterocycles. The molecule has 1 N–H and O–H groups in total. The van der Waals surface area contributed by atoms with Gasteiger partial charge in [-0.3, -0.25) is 4.90 Å². The van der Waals surface area contributed by atoms with E-state index in [-0.39, 0.29) is 0 Å². The zero-order valence-electron chi connectivity index (χ0n) is 11.0. The molecule has 2 fully saturated rings. The number of likely N-dealkylation sites (N-methyl/N-ethyl adjacent to an activating group) is 1. The number of rotatable bonds is 3. The molecule has 2 nitrogen and oxygen atoms in total. The minimum atomic E-state index is 0.515. The van der Waals surface area contributed by atoms with Crippen molar-refractivity contribution in [2.45, 2.75) is 45.2 Å². The van der Waals surface area contributed by atoms with Gasteiger partial charge < -0.3 is 5.32 Å². The highest BCUT2D eigenvalue weighted by atomic mass is 32.2. The number of nitrogens with zero attached hydrogens (tertiary/aromatic N) is 1. The van der Waals surface area contributed by atoms with Gasteiger partial charge in [0.15, 0.2) is 0 Å². The van der Waals surface area contributed by atoms with Crippen molar-refractivity contribution in [1.82, 2.24) is 10.2 Å². The summed E-state index contributed by atoms with van der Waals surface area (Å²) in [6.07, 6.45) is 4.16. The Hall–Kier alpha value is 0.270. The van der Waals surface area contributed by atoms with E-state index in [1.54, 1.807) is 0 Å². The van der Waals surface area contributed by atoms with Gasteiger partial charge in [-0.2, -0.15) is 11.8 Å². The summed E-state index contributed by atoms with van der Waals surface area (Å²) in [5.41, 5.74) is 0.515. The molecule has 0 saturated carbocycles. The Morgan fingerprint density at radius 2 is 2.25 bits per heavy atom. The third kappa shape index (κ3) is 2.57. The van der Waals surface area contributed by atoms with Crippen LogP contribution in [0.1, 0.15) is 33.1 Å². The molecular formula is C13H26N2S. The molecule has 2 aliphatic heterocycles. The smallest absolute Gasteiger partial charge is 0.0241 e. The van der Waals surface area contributed by atoms with Gasteiger partial charge in [0, 0.05) is 24.4 Å². The minimum Gasteiger partial charge on any atom is -0.318 e. The van der Waals surface area contributed by atoms with Crippen molar-refractivity contribution < 1.29 is 0 Å². The van der Waals surface area contributed by atoms with Crippen molar-refractivity contribution in [2.75, 3.05) is 31.6 Å². The van der Waals surface area contributed by atoms with E-state index in [0.29, 0.717) is 5.41 Å². The molecule has 3 heteroatoms. The van der Waals surface area contributed by atoms with Crippen molar-refractivity contribution in [2.24, 2.45) is 5.41 Å². The molecule has 0 aromatic heterocycles. The summed E-state index contributed by atoms with van der Waals surface area (Å²) in [4.78, 5) is 2.79. The van der Waals surface area contributed by atoms with E-state index in [0.717, 1.165) is 18.6 Å². The predicted octanol–water partition coefficient (Wildman–Crippen LogP) is 2.20. The van der Waals surface area contributed by atoms with Gasteiger partial charge in [-0.25, -0.2) is 0 Å². The van der Waals surface area contributed by atoms with Crippen LogP contribution in [0.15, 0.2) is 0 Å². The van der Waals surface area contributed by atoms with E-state index in [2.05, 4.69) is 42.9 Å². The Morgan fingerprint density at radius 3 is 2.94 bits per heavy atom. The van der Waals surface area contributed by atoms with Gasteiger partial charge in [-0.15, -0.1) is 0 Å². The first-order valence-corrected chi connectivity index (χ1v) is 7.79. The van der Waals surface area contributed by atoms with Crippen LogP contribution < -0.4 is 5.32 Å². The highest BCUT2D eigenvalue weighted by Gasteiger charge is 2.40. The molecule has 2 rings (SSSR count). The van der Waals surface area contributed by atoms with Crippen LogP contribution in [0.5, 0.6) is 0 Å². The molecule has 0 amide bonds. The van der Waals surface area contributed by atoms with E-state index in [9.17, 15) is 0 Å². The molecule has 0 aliphatic carbocycles. The summed E-state index contributed by atoms with van der Waals surface area (Å²) in [6, 6.07) is 1.58. The summed E-state index contributed by atoms with van der Waals surface area (Å²) in [5, 5.41) is 3.36. The van der Waals surface area contributed by atoms with Crippen LogP contribution in [-0.4, -0.2) is 48.6 Å². The Labute approximate surface area is 105 Å². The Balaban J connectivity index is 2.04. The third-order valence-corrected chi connectivity index (χ3v) is 5.38. The van der Waals surface area contributed by atoms with Gasteiger partial charge in [0.05, 0.1) is 0 Å². The maximum atomic E-state index is 3.36. The molecule has 0 aromatic carbocycles. The average molecular weight is 242 g/mol. The largest absolute Gasteiger partial charge is 0.318 e. The fourth-order valence-corrected chi connectivity index (χ4v) is 4.89. The van der Waals surface area contributed by atoms with Gasteiger partial charge in [0.2, 0.25) is 0 Å². The average Bonchev–Trinajstić information content (AvgIpc) is 2.66. The summed E-state index contributed by atoms with van der Waals surface area (Å²) in [5.74, 6) is 2.70. The van der Waals surface area contributed by atoms with Crippen molar-refractivity contribution >= 4 is 11.8 Å². The van der Waals surface area contributed by atoms with Gasteiger partial charge >= 0.3 is 0 Å². The van der Waals surface area contributed by atoms with Crippen LogP contribution in [-0.2, 0) is 0 Å². The quantitative estimate of drug-likeness (QED) is 0.817. The number of hydrogen-bond donors (Lipinski definition) is 1. The number of nitrogens with one attached hydrogen (secondary N) is 1. The lowest BCUT2D eigenvalue weighted by atomic mass is 9.81. The molecule has 16 heavy (non-hydrogen) atoms. The van der Waals surface area contributed by atoms with Crippen LogP contribution in [0.2, 0.25) is 0 Å². The zero-order chi connectivity index (χ0) is 11.6. The molecule has 0 spiro atoms. The van der Waals surface area contributed by atoms with Gasteiger partial charge in [0.1, 0.15) is 0 Å². The lowest BCUT2D eigenvalue weighted by molar-refractivity contribution is 0.0862. The van der Waals surface area contributed by atoms with Gasteiger partial charge in [-0.05, 0) is 44.0 Å². The van der Waals surface area contributed by atoms with Crippen molar-refractivity contribution in [3.63, 3.8) is 0 Å². The fraction of sp³-hybridized carbons (Fsp3) is 1.00. The lowest BCUT2D eigenvalue weighted by Crippen LogP contribution is -2.53. The Bertz CT molecular complexity index is 230. The summed E-state index contributed by atoms with van der Waals surface area (Å²) in [6.45, 7) is 7.41. The SMILES string of the molecule is CNCC1CCCN1C1CSCCC1(C)C. The van der Waals surface area contributed by atoms with Crippen LogP contribution in [0.4, 0.5) is 0 Å². The first kappa shape index (κ1) is 12.7. The molecule has 2 unspecified atom stereocenters. The highest BCUT2D eigenvalue weighted by molar-refractivity contribution is 7.99. The van der Waals surface area contributed by atoms with E-state index in [1.807, 2.05) is 0 Å². The molecule has 0 bridgehead atoms. The van der Waals surface area contributed by atoms with E-state index in [1.165, 1.54) is 37.3 Å². The first-order chi connectivity index (χ1) is 7.65. The highest BCUT2D eigenvalue weighted by Crippen LogP contribution is 2.39. The second-order valence-corrected chi connectivity index (χ2v) is 7.07. The van der Waals surface area contributed by atoms with E-state index < -0.39 is 0 Å². The lowest BCUT2D eigenvalue weighted by Gasteiger charge is -2.45. The standard InChI is InChI=1S/C13H26N2S/c1-13(2)6-8-16-10-12(13)15-7-4-5-11(15)9-14-3/h11-12,14H,4-10H2,1-3H3. The molecule has 0 aromatic rings. The van der Waals surface area contributed by atoms with Crippen molar-refractivity contribution in [3.05, 3.63) is 0 Å². The predicted molar refractivity (Wildman–Crippen MR) is 73.2 cm³/mol. The second kappa shape index (κ2) is 5.28. The van der Waals surface area contributed by atoms with E-state index >= 15 is 0 Å². The maximum absolute atomic E-state index is 3.36. The zero-order valence-corrected chi connectivity index (χ0v) is 11.8. The molecule has 2 atom stereocenters. The van der Waals surface area contributed by atoms with Crippen LogP contribution in [0, 0.1) is 5.41 Å². The Kier molecular flexibility index (Phi) is 4.20. The normalized spacial score (nSPS) is 35.4. The molecule has 2 aliphatic rings. The molecular weight excluding hydrogens is 216 g/mol. The molecule has 0 radical (unpaired) electrons. The van der Waals surface area contributed by atoms with Crippen molar-refractivity contribution in [3.8, 4) is 0 Å². The second-order valence-electron chi connectivity index (χ2n) is 5.92. The first-order valence-electron chi connectivity index (χ1n) is 6.63. The summed E-state index contributed by atoms with van der Waals surface area (Å²) >= 11 is 2.15. The van der Waals surface area contributed by atoms with E-state index in [4.69, 9.17) is 0 Å². The maximum Gasteiger partial charge on any atom is 0.0241 e.